The first-order chi connectivity index (χ1) is 6.79. The zero-order chi connectivity index (χ0) is 9.97. The number of aliphatic imine (C=N–C) groups is 1. The lowest BCUT2D eigenvalue weighted by Gasteiger charge is -2.15. The molecule has 2 unspecified atom stereocenters. The van der Waals surface area contributed by atoms with Gasteiger partial charge in [-0.25, -0.2) is 0 Å². The Morgan fingerprint density at radius 3 is 3.29 bits per heavy atom. The molecule has 1 aliphatic heterocycles. The summed E-state index contributed by atoms with van der Waals surface area (Å²) in [7, 11) is 1.94. The molecule has 0 amide bonds. The Hall–Kier alpha value is -0.800. The molecule has 0 spiro atoms. The van der Waals surface area contributed by atoms with Gasteiger partial charge >= 0.3 is 0 Å². The number of fused-ring (bicyclic) bond motifs is 1. The summed E-state index contributed by atoms with van der Waals surface area (Å²) in [6.07, 6.45) is 6.93. The lowest BCUT2D eigenvalue weighted by atomic mass is 10.1. The maximum Gasteiger partial charge on any atom is 0.0989 e. The molecule has 0 aromatic heterocycles. The number of halogens is 1. The van der Waals surface area contributed by atoms with E-state index in [9.17, 15) is 0 Å². The van der Waals surface area contributed by atoms with E-state index >= 15 is 0 Å². The van der Waals surface area contributed by atoms with E-state index in [0.717, 1.165) is 23.8 Å². The SMILES string of the molecule is CNCCC1=NC2C=C(Cl)C=CC2N1. The normalized spacial score (nSPS) is 29.3. The van der Waals surface area contributed by atoms with Crippen LogP contribution in [0.3, 0.4) is 0 Å². The Kier molecular flexibility index (Phi) is 2.89. The van der Waals surface area contributed by atoms with Crippen LogP contribution in [0.1, 0.15) is 6.42 Å². The van der Waals surface area contributed by atoms with Gasteiger partial charge in [0, 0.05) is 18.0 Å². The lowest BCUT2D eigenvalue weighted by Crippen LogP contribution is -2.34. The fourth-order valence-electron chi connectivity index (χ4n) is 1.67. The number of nitrogens with one attached hydrogen (secondary N) is 2. The van der Waals surface area contributed by atoms with Crippen LogP contribution in [0.2, 0.25) is 0 Å². The van der Waals surface area contributed by atoms with E-state index in [2.05, 4.69) is 21.7 Å². The molecular formula is C10H14ClN3. The summed E-state index contributed by atoms with van der Waals surface area (Å²) in [5.74, 6) is 1.07. The molecule has 2 atom stereocenters. The van der Waals surface area contributed by atoms with Crippen molar-refractivity contribution >= 4 is 17.4 Å². The molecule has 0 fully saturated rings. The summed E-state index contributed by atoms with van der Waals surface area (Å²) in [6, 6.07) is 0.503. The molecule has 0 saturated heterocycles. The molecule has 4 heteroatoms. The zero-order valence-electron chi connectivity index (χ0n) is 8.13. The van der Waals surface area contributed by atoms with Crippen LogP contribution < -0.4 is 10.6 Å². The molecule has 1 heterocycles. The Labute approximate surface area is 88.9 Å². The highest BCUT2D eigenvalue weighted by Gasteiger charge is 2.26. The summed E-state index contributed by atoms with van der Waals surface area (Å²) < 4.78 is 0. The molecule has 2 N–H and O–H groups in total. The topological polar surface area (TPSA) is 36.4 Å². The standard InChI is InChI=1S/C10H14ClN3/c1-12-5-4-10-13-8-3-2-7(11)6-9(8)14-10/h2-3,6,8-9,12H,4-5H2,1H3,(H,13,14). The van der Waals surface area contributed by atoms with E-state index in [1.54, 1.807) is 0 Å². The summed E-state index contributed by atoms with van der Waals surface area (Å²) in [5, 5.41) is 7.26. The quantitative estimate of drug-likeness (QED) is 0.732. The minimum absolute atomic E-state index is 0.194. The van der Waals surface area contributed by atoms with Crippen LogP contribution in [0.4, 0.5) is 0 Å². The molecule has 3 nitrogen and oxygen atoms in total. The highest BCUT2D eigenvalue weighted by Crippen LogP contribution is 2.20. The Bertz CT molecular complexity index is 306. The van der Waals surface area contributed by atoms with Crippen LogP contribution in [0.5, 0.6) is 0 Å². The van der Waals surface area contributed by atoms with Crippen molar-refractivity contribution in [2.75, 3.05) is 13.6 Å². The van der Waals surface area contributed by atoms with Gasteiger partial charge in [0.15, 0.2) is 0 Å². The zero-order valence-corrected chi connectivity index (χ0v) is 8.88. The molecule has 0 bridgehead atoms. The van der Waals surface area contributed by atoms with Crippen LogP contribution in [-0.2, 0) is 0 Å². The van der Waals surface area contributed by atoms with E-state index in [4.69, 9.17) is 11.6 Å². The average Bonchev–Trinajstić information content (AvgIpc) is 2.56. The molecule has 2 rings (SSSR count). The van der Waals surface area contributed by atoms with E-state index in [0.29, 0.717) is 6.04 Å². The molecule has 0 saturated carbocycles. The van der Waals surface area contributed by atoms with Crippen LogP contribution in [0.15, 0.2) is 28.3 Å². The first-order valence-corrected chi connectivity index (χ1v) is 5.21. The third-order valence-electron chi connectivity index (χ3n) is 2.41. The smallest absolute Gasteiger partial charge is 0.0989 e. The third-order valence-corrected chi connectivity index (χ3v) is 2.66. The summed E-state index contributed by atoms with van der Waals surface area (Å²) in [6.45, 7) is 0.951. The van der Waals surface area contributed by atoms with Gasteiger partial charge in [-0.05, 0) is 19.2 Å². The highest BCUT2D eigenvalue weighted by molar-refractivity contribution is 6.31. The molecule has 1 aliphatic carbocycles. The average molecular weight is 212 g/mol. The van der Waals surface area contributed by atoms with Gasteiger partial charge in [-0.2, -0.15) is 0 Å². The fraction of sp³-hybridized carbons (Fsp3) is 0.500. The maximum atomic E-state index is 5.90. The second-order valence-electron chi connectivity index (χ2n) is 3.50. The number of allylic oxidation sites excluding steroid dienone is 2. The molecule has 14 heavy (non-hydrogen) atoms. The summed E-state index contributed by atoms with van der Waals surface area (Å²) in [4.78, 5) is 4.55. The number of nitrogens with zero attached hydrogens (tertiary/aromatic N) is 1. The van der Waals surface area contributed by atoms with E-state index in [1.165, 1.54) is 0 Å². The predicted octanol–water partition coefficient (Wildman–Crippen LogP) is 1.03. The van der Waals surface area contributed by atoms with E-state index in [-0.39, 0.29) is 6.04 Å². The lowest BCUT2D eigenvalue weighted by molar-refractivity contribution is 0.690. The van der Waals surface area contributed by atoms with Crippen LogP contribution in [0.25, 0.3) is 0 Å². The monoisotopic (exact) mass is 211 g/mol. The molecule has 2 aliphatic rings. The minimum atomic E-state index is 0.194. The molecule has 76 valence electrons. The largest absolute Gasteiger partial charge is 0.365 e. The number of hydrogen-bond acceptors (Lipinski definition) is 3. The third kappa shape index (κ3) is 1.99. The van der Waals surface area contributed by atoms with Gasteiger partial charge in [-0.15, -0.1) is 0 Å². The first kappa shape index (κ1) is 9.74. The Morgan fingerprint density at radius 2 is 2.50 bits per heavy atom. The Balaban J connectivity index is 2.00. The molecule has 0 radical (unpaired) electrons. The van der Waals surface area contributed by atoms with Crippen molar-refractivity contribution in [1.29, 1.82) is 0 Å². The predicted molar refractivity (Wildman–Crippen MR) is 59.8 cm³/mol. The first-order valence-electron chi connectivity index (χ1n) is 4.83. The fourth-order valence-corrected chi connectivity index (χ4v) is 1.87. The van der Waals surface area contributed by atoms with Gasteiger partial charge in [0.25, 0.3) is 0 Å². The van der Waals surface area contributed by atoms with Crippen LogP contribution >= 0.6 is 11.6 Å². The number of rotatable bonds is 3. The van der Waals surface area contributed by atoms with Gasteiger partial charge in [-0.1, -0.05) is 17.7 Å². The molecule has 0 aromatic rings. The van der Waals surface area contributed by atoms with Crippen molar-refractivity contribution in [3.8, 4) is 0 Å². The summed E-state index contributed by atoms with van der Waals surface area (Å²) >= 11 is 5.90. The van der Waals surface area contributed by atoms with Crippen LogP contribution in [0, 0.1) is 0 Å². The van der Waals surface area contributed by atoms with Crippen molar-refractivity contribution in [2.24, 2.45) is 4.99 Å². The minimum Gasteiger partial charge on any atom is -0.365 e. The molecule has 0 aromatic carbocycles. The maximum absolute atomic E-state index is 5.90. The van der Waals surface area contributed by atoms with Gasteiger partial charge in [0.05, 0.1) is 17.9 Å². The van der Waals surface area contributed by atoms with Crippen molar-refractivity contribution in [3.05, 3.63) is 23.3 Å². The molecular weight excluding hydrogens is 198 g/mol. The van der Waals surface area contributed by atoms with Crippen molar-refractivity contribution in [1.82, 2.24) is 10.6 Å². The van der Waals surface area contributed by atoms with Gasteiger partial charge in [0.1, 0.15) is 0 Å². The second kappa shape index (κ2) is 4.15. The van der Waals surface area contributed by atoms with E-state index < -0.39 is 0 Å². The van der Waals surface area contributed by atoms with Crippen molar-refractivity contribution in [3.63, 3.8) is 0 Å². The van der Waals surface area contributed by atoms with Crippen molar-refractivity contribution in [2.45, 2.75) is 18.5 Å². The summed E-state index contributed by atoms with van der Waals surface area (Å²) in [5.41, 5.74) is 0. The Morgan fingerprint density at radius 1 is 1.64 bits per heavy atom. The van der Waals surface area contributed by atoms with E-state index in [1.807, 2.05) is 19.2 Å². The van der Waals surface area contributed by atoms with Gasteiger partial charge in [-0.3, -0.25) is 4.99 Å². The number of hydrogen-bond donors (Lipinski definition) is 2. The highest BCUT2D eigenvalue weighted by atomic mass is 35.5. The van der Waals surface area contributed by atoms with Gasteiger partial charge < -0.3 is 10.6 Å². The second-order valence-corrected chi connectivity index (χ2v) is 3.94. The van der Waals surface area contributed by atoms with Crippen LogP contribution in [-0.4, -0.2) is 31.5 Å². The van der Waals surface area contributed by atoms with Crippen molar-refractivity contribution < 1.29 is 0 Å². The number of amidine groups is 1. The van der Waals surface area contributed by atoms with Gasteiger partial charge in [0.2, 0.25) is 0 Å².